The Morgan fingerprint density at radius 3 is 2.73 bits per heavy atom. The summed E-state index contributed by atoms with van der Waals surface area (Å²) in [7, 11) is 0. The van der Waals surface area contributed by atoms with Gasteiger partial charge >= 0.3 is 5.97 Å². The number of esters is 1. The van der Waals surface area contributed by atoms with Crippen LogP contribution in [0.25, 0.3) is 0 Å². The Hall–Kier alpha value is -3.14. The molecule has 0 radical (unpaired) electrons. The van der Waals surface area contributed by atoms with Crippen LogP contribution in [0.5, 0.6) is 0 Å². The van der Waals surface area contributed by atoms with Crippen molar-refractivity contribution in [1.82, 2.24) is 0 Å². The summed E-state index contributed by atoms with van der Waals surface area (Å²) in [5.74, 6) is -2.81. The summed E-state index contributed by atoms with van der Waals surface area (Å²) >= 11 is 0. The van der Waals surface area contributed by atoms with E-state index in [1.54, 1.807) is 26.0 Å². The lowest BCUT2D eigenvalue weighted by Crippen LogP contribution is -2.52. The van der Waals surface area contributed by atoms with Crippen molar-refractivity contribution in [3.05, 3.63) is 40.7 Å². The summed E-state index contributed by atoms with van der Waals surface area (Å²) in [6.45, 7) is 6.74. The van der Waals surface area contributed by atoms with Crippen LogP contribution in [0.3, 0.4) is 0 Å². The fourth-order valence-electron chi connectivity index (χ4n) is 3.60. The number of amides is 1. The third-order valence-corrected chi connectivity index (χ3v) is 4.59. The highest BCUT2D eigenvalue weighted by Crippen LogP contribution is 2.52. The molecule has 26 heavy (non-hydrogen) atoms. The van der Waals surface area contributed by atoms with E-state index in [1.165, 1.54) is 6.92 Å². The normalized spacial score (nSPS) is 24.2. The topological polar surface area (TPSA) is 112 Å². The number of nitrogens with zero attached hydrogens (tertiary/aromatic N) is 1. The highest BCUT2D eigenvalue weighted by molar-refractivity contribution is 6.18. The van der Waals surface area contributed by atoms with Gasteiger partial charge in [0.1, 0.15) is 17.1 Å². The Kier molecular flexibility index (Phi) is 4.07. The first kappa shape index (κ1) is 17.7. The van der Waals surface area contributed by atoms with Crippen LogP contribution in [0.1, 0.15) is 31.9 Å². The van der Waals surface area contributed by atoms with Crippen molar-refractivity contribution >= 4 is 23.5 Å². The SMILES string of the molecule is CC1=C(C(=O)OC(C)C)C2(C(=O)Nc3ccc(C)cc32)C(C#N)C(=N)O1. The Balaban J connectivity index is 2.36. The molecular weight excluding hydrogens is 334 g/mol. The van der Waals surface area contributed by atoms with Gasteiger partial charge in [-0.15, -0.1) is 0 Å². The Morgan fingerprint density at radius 1 is 1.42 bits per heavy atom. The van der Waals surface area contributed by atoms with E-state index >= 15 is 0 Å². The van der Waals surface area contributed by atoms with Gasteiger partial charge in [0.05, 0.1) is 17.7 Å². The molecule has 1 amide bonds. The number of carbonyl (C=O) groups is 2. The number of fused-ring (bicyclic) bond motifs is 2. The summed E-state index contributed by atoms with van der Waals surface area (Å²) in [4.78, 5) is 26.0. The minimum Gasteiger partial charge on any atom is -0.459 e. The molecule has 0 aromatic heterocycles. The molecule has 0 bridgehead atoms. The van der Waals surface area contributed by atoms with E-state index in [2.05, 4.69) is 5.32 Å². The summed E-state index contributed by atoms with van der Waals surface area (Å²) in [6.07, 6.45) is -0.414. The predicted octanol–water partition coefficient (Wildman–Crippen LogP) is 2.56. The molecular formula is C19H19N3O4. The molecule has 0 aliphatic carbocycles. The molecule has 0 fully saturated rings. The monoisotopic (exact) mass is 353 g/mol. The van der Waals surface area contributed by atoms with Crippen LogP contribution in [0.15, 0.2) is 29.5 Å². The lowest BCUT2D eigenvalue weighted by molar-refractivity contribution is -0.145. The first-order valence-corrected chi connectivity index (χ1v) is 8.24. The van der Waals surface area contributed by atoms with Crippen molar-refractivity contribution in [2.75, 3.05) is 5.32 Å². The molecule has 1 aromatic carbocycles. The second kappa shape index (κ2) is 5.99. The predicted molar refractivity (Wildman–Crippen MR) is 93.3 cm³/mol. The molecule has 1 spiro atoms. The number of allylic oxidation sites excluding steroid dienone is 1. The molecule has 2 N–H and O–H groups in total. The molecule has 2 unspecified atom stereocenters. The van der Waals surface area contributed by atoms with Crippen molar-refractivity contribution in [3.63, 3.8) is 0 Å². The number of hydrogen-bond donors (Lipinski definition) is 2. The maximum atomic E-state index is 13.1. The van der Waals surface area contributed by atoms with Crippen LogP contribution >= 0.6 is 0 Å². The van der Waals surface area contributed by atoms with Gasteiger partial charge in [-0.1, -0.05) is 17.7 Å². The van der Waals surface area contributed by atoms with E-state index in [0.717, 1.165) is 5.56 Å². The molecule has 2 heterocycles. The van der Waals surface area contributed by atoms with Crippen LogP contribution in [-0.4, -0.2) is 23.9 Å². The summed E-state index contributed by atoms with van der Waals surface area (Å²) in [5, 5.41) is 20.6. The van der Waals surface area contributed by atoms with E-state index in [-0.39, 0.29) is 17.2 Å². The van der Waals surface area contributed by atoms with Gasteiger partial charge in [0, 0.05) is 5.69 Å². The number of nitrogens with one attached hydrogen (secondary N) is 2. The summed E-state index contributed by atoms with van der Waals surface area (Å²) < 4.78 is 10.7. The third kappa shape index (κ3) is 2.30. The average Bonchev–Trinajstić information content (AvgIpc) is 2.80. The highest BCUT2D eigenvalue weighted by atomic mass is 16.5. The second-order valence-electron chi connectivity index (χ2n) is 6.72. The van der Waals surface area contributed by atoms with Crippen molar-refractivity contribution in [2.45, 2.75) is 39.2 Å². The molecule has 3 rings (SSSR count). The number of rotatable bonds is 2. The number of nitriles is 1. The quantitative estimate of drug-likeness (QED) is 0.794. The molecule has 2 aliphatic rings. The van der Waals surface area contributed by atoms with E-state index in [4.69, 9.17) is 14.9 Å². The number of anilines is 1. The number of ether oxygens (including phenoxy) is 2. The minimum absolute atomic E-state index is 0.0319. The minimum atomic E-state index is -1.67. The van der Waals surface area contributed by atoms with Gasteiger partial charge in [-0.3, -0.25) is 10.2 Å². The lowest BCUT2D eigenvalue weighted by Gasteiger charge is -2.37. The van der Waals surface area contributed by atoms with Gasteiger partial charge in [-0.05, 0) is 39.3 Å². The second-order valence-corrected chi connectivity index (χ2v) is 6.72. The van der Waals surface area contributed by atoms with Crippen molar-refractivity contribution in [1.29, 1.82) is 10.7 Å². The molecule has 0 saturated heterocycles. The average molecular weight is 353 g/mol. The summed E-state index contributed by atoms with van der Waals surface area (Å²) in [5.41, 5.74) is 0.163. The van der Waals surface area contributed by atoms with Gasteiger partial charge < -0.3 is 14.8 Å². The number of benzene rings is 1. The fourth-order valence-corrected chi connectivity index (χ4v) is 3.60. The number of aryl methyl sites for hydroxylation is 1. The number of hydrogen-bond acceptors (Lipinski definition) is 6. The van der Waals surface area contributed by atoms with Crippen LogP contribution in [0, 0.1) is 29.6 Å². The molecule has 7 nitrogen and oxygen atoms in total. The first-order valence-electron chi connectivity index (χ1n) is 8.24. The van der Waals surface area contributed by atoms with E-state index in [0.29, 0.717) is 11.3 Å². The zero-order valence-electron chi connectivity index (χ0n) is 15.0. The number of carbonyl (C=O) groups excluding carboxylic acids is 2. The zero-order chi connectivity index (χ0) is 19.2. The van der Waals surface area contributed by atoms with E-state index < -0.39 is 29.3 Å². The van der Waals surface area contributed by atoms with Crippen molar-refractivity contribution in [2.24, 2.45) is 5.92 Å². The van der Waals surface area contributed by atoms with Gasteiger partial charge in [0.2, 0.25) is 11.8 Å². The summed E-state index contributed by atoms with van der Waals surface area (Å²) in [6, 6.07) is 7.29. The Morgan fingerprint density at radius 2 is 2.12 bits per heavy atom. The molecule has 2 aliphatic heterocycles. The Bertz CT molecular complexity index is 910. The zero-order valence-corrected chi connectivity index (χ0v) is 15.0. The van der Waals surface area contributed by atoms with Crippen molar-refractivity contribution in [3.8, 4) is 6.07 Å². The molecule has 1 aromatic rings. The maximum absolute atomic E-state index is 13.1. The largest absolute Gasteiger partial charge is 0.459 e. The maximum Gasteiger partial charge on any atom is 0.339 e. The smallest absolute Gasteiger partial charge is 0.339 e. The lowest BCUT2D eigenvalue weighted by atomic mass is 9.64. The van der Waals surface area contributed by atoms with E-state index in [9.17, 15) is 14.9 Å². The van der Waals surface area contributed by atoms with Crippen LogP contribution in [0.4, 0.5) is 5.69 Å². The first-order chi connectivity index (χ1) is 12.2. The van der Waals surface area contributed by atoms with E-state index in [1.807, 2.05) is 19.1 Å². The van der Waals surface area contributed by atoms with Gasteiger partial charge in [0.15, 0.2) is 0 Å². The van der Waals surface area contributed by atoms with Crippen LogP contribution in [-0.2, 0) is 24.5 Å². The van der Waals surface area contributed by atoms with Crippen molar-refractivity contribution < 1.29 is 19.1 Å². The Labute approximate surface area is 151 Å². The fraction of sp³-hybridized carbons (Fsp3) is 0.368. The van der Waals surface area contributed by atoms with Crippen LogP contribution in [0.2, 0.25) is 0 Å². The molecule has 7 heteroatoms. The standard InChI is InChI=1S/C19H19N3O4/c1-9(2)25-17(23)15-11(4)26-16(21)13(8-20)19(15)12-7-10(3)5-6-14(12)22-18(19)24/h5-7,9,13,21H,1-4H3,(H,22,24). The highest BCUT2D eigenvalue weighted by Gasteiger charge is 2.63. The van der Waals surface area contributed by atoms with Gasteiger partial charge in [0.25, 0.3) is 0 Å². The molecule has 2 atom stereocenters. The van der Waals surface area contributed by atoms with Gasteiger partial charge in [-0.25, -0.2) is 4.79 Å². The third-order valence-electron chi connectivity index (χ3n) is 4.59. The molecule has 0 saturated carbocycles. The van der Waals surface area contributed by atoms with Gasteiger partial charge in [-0.2, -0.15) is 5.26 Å². The molecule has 134 valence electrons. The van der Waals surface area contributed by atoms with Crippen LogP contribution < -0.4 is 5.32 Å².